The lowest BCUT2D eigenvalue weighted by Gasteiger charge is -1.93. The van der Waals surface area contributed by atoms with Crippen LogP contribution in [0.2, 0.25) is 0 Å². The number of allylic oxidation sites excluding steroid dienone is 1. The normalized spacial score (nSPS) is 17.2. The smallest absolute Gasteiger partial charge is 0.00107 e. The lowest BCUT2D eigenvalue weighted by atomic mass is 10.1. The second kappa shape index (κ2) is 7.71. The molecule has 84 valence electrons. The summed E-state index contributed by atoms with van der Waals surface area (Å²) in [6.07, 6.45) is 5.50. The minimum absolute atomic E-state index is 1.12. The van der Waals surface area contributed by atoms with Crippen molar-refractivity contribution in [2.24, 2.45) is 0 Å². The van der Waals surface area contributed by atoms with Gasteiger partial charge in [0, 0.05) is 0 Å². The maximum Gasteiger partial charge on any atom is -0.00107 e. The Morgan fingerprint density at radius 2 is 1.62 bits per heavy atom. The minimum Gasteiger partial charge on any atom is -0.0795 e. The highest BCUT2D eigenvalue weighted by atomic mass is 33.8. The van der Waals surface area contributed by atoms with Crippen LogP contribution in [-0.2, 0) is 6.42 Å². The van der Waals surface area contributed by atoms with Crippen molar-refractivity contribution < 1.29 is 0 Å². The van der Waals surface area contributed by atoms with Crippen LogP contribution >= 0.6 is 51.1 Å². The molecule has 0 saturated carbocycles. The summed E-state index contributed by atoms with van der Waals surface area (Å²) in [5.41, 5.74) is 2.84. The Bertz CT molecular complexity index is 378. The van der Waals surface area contributed by atoms with Gasteiger partial charge in [0.1, 0.15) is 0 Å². The number of fused-ring (bicyclic) bond motifs is 1. The maximum absolute atomic E-state index is 2.20. The molecule has 0 amide bonds. The largest absolute Gasteiger partial charge is 0.0795 e. The SMILES string of the molecule is C1=CSSSSS1.C1=Cc2ccccc2C1. The maximum atomic E-state index is 2.20. The first-order chi connectivity index (χ1) is 7.97. The van der Waals surface area contributed by atoms with Gasteiger partial charge in [-0.05, 0) is 57.8 Å². The summed E-state index contributed by atoms with van der Waals surface area (Å²) in [6.45, 7) is 0. The third kappa shape index (κ3) is 4.37. The Balaban J connectivity index is 0.000000125. The Morgan fingerprint density at radius 3 is 2.38 bits per heavy atom. The number of hydrogen-bond acceptors (Lipinski definition) is 5. The van der Waals surface area contributed by atoms with Crippen molar-refractivity contribution in [1.29, 1.82) is 0 Å². The monoisotopic (exact) mass is 302 g/mol. The zero-order valence-corrected chi connectivity index (χ0v) is 12.4. The molecular weight excluding hydrogens is 292 g/mol. The highest BCUT2D eigenvalue weighted by Crippen LogP contribution is 2.52. The van der Waals surface area contributed by atoms with Crippen LogP contribution in [0.15, 0.2) is 41.2 Å². The van der Waals surface area contributed by atoms with E-state index in [-0.39, 0.29) is 0 Å². The molecule has 1 aromatic carbocycles. The van der Waals surface area contributed by atoms with Gasteiger partial charge in [0.2, 0.25) is 0 Å². The first-order valence-electron chi connectivity index (χ1n) is 4.68. The first-order valence-corrected chi connectivity index (χ1v) is 11.0. The molecule has 0 unspecified atom stereocenters. The molecule has 1 heterocycles. The van der Waals surface area contributed by atoms with E-state index in [1.807, 2.05) is 9.83 Å². The van der Waals surface area contributed by atoms with E-state index < -0.39 is 0 Å². The fourth-order valence-electron chi connectivity index (χ4n) is 1.33. The van der Waals surface area contributed by atoms with Crippen LogP contribution in [0.3, 0.4) is 0 Å². The zero-order chi connectivity index (χ0) is 11.1. The quantitative estimate of drug-likeness (QED) is 0.533. The molecule has 0 spiro atoms. The van der Waals surface area contributed by atoms with E-state index in [0.717, 1.165) is 6.42 Å². The third-order valence-electron chi connectivity index (χ3n) is 1.99. The van der Waals surface area contributed by atoms with Crippen molar-refractivity contribution in [2.75, 3.05) is 0 Å². The van der Waals surface area contributed by atoms with Gasteiger partial charge in [-0.25, -0.2) is 0 Å². The molecular formula is C11H10S5. The molecule has 0 radical (unpaired) electrons. The Morgan fingerprint density at radius 1 is 0.875 bits per heavy atom. The number of hydrogen-bond donors (Lipinski definition) is 0. The van der Waals surface area contributed by atoms with Gasteiger partial charge in [-0.15, -0.1) is 0 Å². The molecule has 1 aliphatic carbocycles. The van der Waals surface area contributed by atoms with E-state index in [0.29, 0.717) is 0 Å². The fraction of sp³-hybridized carbons (Fsp3) is 0.0909. The van der Waals surface area contributed by atoms with Gasteiger partial charge in [0.05, 0.1) is 0 Å². The Kier molecular flexibility index (Phi) is 6.22. The van der Waals surface area contributed by atoms with Crippen molar-refractivity contribution in [3.8, 4) is 0 Å². The van der Waals surface area contributed by atoms with Crippen molar-refractivity contribution in [3.63, 3.8) is 0 Å². The van der Waals surface area contributed by atoms with Crippen molar-refractivity contribution in [2.45, 2.75) is 6.42 Å². The van der Waals surface area contributed by atoms with Gasteiger partial charge in [0.25, 0.3) is 0 Å². The standard InChI is InChI=1S/C9H8.C2H2S5/c1-2-5-9-7-3-6-8(9)4-1;1-2-4-6-7-5-3-1/h1-6H,7H2;1-2H. The van der Waals surface area contributed by atoms with E-state index >= 15 is 0 Å². The Labute approximate surface area is 115 Å². The molecule has 0 atom stereocenters. The van der Waals surface area contributed by atoms with Crippen molar-refractivity contribution >= 4 is 57.1 Å². The van der Waals surface area contributed by atoms with E-state index in [4.69, 9.17) is 0 Å². The van der Waals surface area contributed by atoms with Gasteiger partial charge in [-0.3, -0.25) is 0 Å². The van der Waals surface area contributed by atoms with Crippen LogP contribution in [-0.4, -0.2) is 0 Å². The van der Waals surface area contributed by atoms with Crippen LogP contribution < -0.4 is 0 Å². The molecule has 0 bridgehead atoms. The van der Waals surface area contributed by atoms with Crippen molar-refractivity contribution in [3.05, 3.63) is 52.3 Å². The zero-order valence-electron chi connectivity index (χ0n) is 8.37. The van der Waals surface area contributed by atoms with Crippen LogP contribution in [0.5, 0.6) is 0 Å². The fourth-order valence-corrected chi connectivity index (χ4v) is 9.00. The van der Waals surface area contributed by atoms with E-state index in [9.17, 15) is 0 Å². The second-order valence-electron chi connectivity index (χ2n) is 2.97. The topological polar surface area (TPSA) is 0 Å². The lowest BCUT2D eigenvalue weighted by molar-refractivity contribution is 1.31. The average Bonchev–Trinajstić information content (AvgIpc) is 2.61. The average molecular weight is 303 g/mol. The Hall–Kier alpha value is 0.450. The van der Waals surface area contributed by atoms with E-state index in [2.05, 4.69) is 47.2 Å². The molecule has 0 aromatic heterocycles. The highest BCUT2D eigenvalue weighted by molar-refractivity contribution is 9.36. The molecule has 1 aliphatic heterocycles. The number of benzene rings is 1. The highest BCUT2D eigenvalue weighted by Gasteiger charge is 2.00. The van der Waals surface area contributed by atoms with Crippen LogP contribution in [0.4, 0.5) is 0 Å². The summed E-state index contributed by atoms with van der Waals surface area (Å²) in [4.78, 5) is 0. The predicted octanol–water partition coefficient (Wildman–Crippen LogP) is 6.05. The summed E-state index contributed by atoms with van der Waals surface area (Å²) in [6, 6.07) is 8.49. The molecule has 16 heavy (non-hydrogen) atoms. The summed E-state index contributed by atoms with van der Waals surface area (Å²) < 4.78 is 0. The van der Waals surface area contributed by atoms with Gasteiger partial charge in [-0.2, -0.15) is 0 Å². The molecule has 0 fully saturated rings. The van der Waals surface area contributed by atoms with Gasteiger partial charge < -0.3 is 0 Å². The van der Waals surface area contributed by atoms with E-state index in [1.165, 1.54) is 11.1 Å². The van der Waals surface area contributed by atoms with Crippen LogP contribution in [0.1, 0.15) is 11.1 Å². The van der Waals surface area contributed by atoms with Crippen LogP contribution in [0, 0.1) is 0 Å². The van der Waals surface area contributed by atoms with Gasteiger partial charge >= 0.3 is 0 Å². The summed E-state index contributed by atoms with van der Waals surface area (Å²) in [7, 11) is 8.97. The first kappa shape index (κ1) is 12.9. The molecule has 3 rings (SSSR count). The molecule has 0 N–H and O–H groups in total. The summed E-state index contributed by atoms with van der Waals surface area (Å²) in [5, 5.41) is 4.20. The minimum atomic E-state index is 1.12. The number of rotatable bonds is 0. The molecule has 5 heteroatoms. The van der Waals surface area contributed by atoms with E-state index in [1.54, 1.807) is 41.2 Å². The molecule has 0 nitrogen and oxygen atoms in total. The lowest BCUT2D eigenvalue weighted by Crippen LogP contribution is -1.76. The molecule has 0 saturated heterocycles. The molecule has 1 aromatic rings. The summed E-state index contributed by atoms with van der Waals surface area (Å²) >= 11 is 0. The summed E-state index contributed by atoms with van der Waals surface area (Å²) in [5.74, 6) is 0. The third-order valence-corrected chi connectivity index (χ3v) is 9.81. The molecule has 2 aliphatic rings. The van der Waals surface area contributed by atoms with Crippen LogP contribution in [0.25, 0.3) is 6.08 Å². The second-order valence-corrected chi connectivity index (χ2v) is 10.4. The van der Waals surface area contributed by atoms with Gasteiger partial charge in [0.15, 0.2) is 0 Å². The van der Waals surface area contributed by atoms with Crippen molar-refractivity contribution in [1.82, 2.24) is 0 Å². The van der Waals surface area contributed by atoms with Gasteiger partial charge in [-0.1, -0.05) is 58.0 Å². The predicted molar refractivity (Wildman–Crippen MR) is 86.3 cm³/mol.